The van der Waals surface area contributed by atoms with Gasteiger partial charge in [0.25, 0.3) is 11.1 Å². The van der Waals surface area contributed by atoms with E-state index in [1.165, 1.54) is 11.3 Å². The van der Waals surface area contributed by atoms with E-state index in [4.69, 9.17) is 4.42 Å². The molecule has 26 heavy (non-hydrogen) atoms. The van der Waals surface area contributed by atoms with Crippen molar-refractivity contribution in [2.75, 3.05) is 0 Å². The van der Waals surface area contributed by atoms with Gasteiger partial charge in [-0.15, -0.1) is 21.5 Å². The van der Waals surface area contributed by atoms with E-state index in [0.29, 0.717) is 10.8 Å². The van der Waals surface area contributed by atoms with Gasteiger partial charge in [0.2, 0.25) is 11.8 Å². The third-order valence-corrected chi connectivity index (χ3v) is 5.97. The number of halogens is 1. The number of hydrogen-bond acceptors (Lipinski definition) is 7. The number of carbonyl (C=O) groups is 2. The average molecular weight is 448 g/mol. The monoisotopic (exact) mass is 447 g/mol. The van der Waals surface area contributed by atoms with Crippen molar-refractivity contribution in [2.24, 2.45) is 0 Å². The summed E-state index contributed by atoms with van der Waals surface area (Å²) in [4.78, 5) is 27.1. The fourth-order valence-corrected chi connectivity index (χ4v) is 4.35. The zero-order valence-electron chi connectivity index (χ0n) is 13.1. The number of thioether (sulfide) groups is 1. The summed E-state index contributed by atoms with van der Waals surface area (Å²) in [5.74, 6) is 0.179. The molecule has 3 aromatic rings. The van der Waals surface area contributed by atoms with Gasteiger partial charge >= 0.3 is 0 Å². The molecule has 1 saturated heterocycles. The van der Waals surface area contributed by atoms with E-state index in [1.807, 2.05) is 41.8 Å². The van der Waals surface area contributed by atoms with Crippen molar-refractivity contribution in [3.63, 3.8) is 0 Å². The molecule has 0 bridgehead atoms. The largest absolute Gasteiger partial charge is 0.419 e. The van der Waals surface area contributed by atoms with Crippen molar-refractivity contribution < 1.29 is 14.0 Å². The number of nitrogens with zero attached hydrogens (tertiary/aromatic N) is 3. The Morgan fingerprint density at radius 3 is 2.77 bits per heavy atom. The van der Waals surface area contributed by atoms with Crippen LogP contribution in [-0.4, -0.2) is 26.2 Å². The first-order chi connectivity index (χ1) is 12.6. The maximum Gasteiger partial charge on any atom is 0.294 e. The Hall–Kier alpha value is -2.23. The third kappa shape index (κ3) is 3.37. The number of benzene rings is 1. The van der Waals surface area contributed by atoms with Crippen molar-refractivity contribution in [2.45, 2.75) is 6.54 Å². The van der Waals surface area contributed by atoms with Gasteiger partial charge in [-0.3, -0.25) is 14.5 Å². The molecule has 3 heterocycles. The second-order valence-electron chi connectivity index (χ2n) is 5.26. The van der Waals surface area contributed by atoms with Crippen LogP contribution in [0.15, 0.2) is 55.6 Å². The third-order valence-electron chi connectivity index (χ3n) is 3.55. The predicted octanol–water partition coefficient (Wildman–Crippen LogP) is 4.80. The Morgan fingerprint density at radius 1 is 1.15 bits per heavy atom. The Balaban J connectivity index is 1.54. The van der Waals surface area contributed by atoms with Crippen molar-refractivity contribution in [1.29, 1.82) is 0 Å². The van der Waals surface area contributed by atoms with E-state index < -0.39 is 0 Å². The summed E-state index contributed by atoms with van der Waals surface area (Å²) in [6, 6.07) is 11.2. The van der Waals surface area contributed by atoms with E-state index in [0.717, 1.165) is 31.6 Å². The SMILES string of the molecule is O=C1S/C(=C\c2cccs2)C(=O)N1Cc1nnc(-c2ccccc2Br)o1. The summed E-state index contributed by atoms with van der Waals surface area (Å²) >= 11 is 5.85. The Kier molecular flexibility index (Phi) is 4.75. The van der Waals surface area contributed by atoms with Gasteiger partial charge in [0.15, 0.2) is 0 Å². The molecule has 0 atom stereocenters. The summed E-state index contributed by atoms with van der Waals surface area (Å²) < 4.78 is 6.44. The van der Waals surface area contributed by atoms with Gasteiger partial charge in [-0.1, -0.05) is 18.2 Å². The van der Waals surface area contributed by atoms with Gasteiger partial charge in [0, 0.05) is 9.35 Å². The molecular formula is C17H10BrN3O3S2. The second kappa shape index (κ2) is 7.18. The van der Waals surface area contributed by atoms with Crippen LogP contribution < -0.4 is 0 Å². The molecule has 9 heteroatoms. The molecule has 1 aromatic carbocycles. The lowest BCUT2D eigenvalue weighted by atomic mass is 10.2. The number of imide groups is 1. The molecule has 2 aromatic heterocycles. The fraction of sp³-hybridized carbons (Fsp3) is 0.0588. The highest BCUT2D eigenvalue weighted by Gasteiger charge is 2.36. The van der Waals surface area contributed by atoms with E-state index >= 15 is 0 Å². The summed E-state index contributed by atoms with van der Waals surface area (Å²) in [6.07, 6.45) is 1.72. The fourth-order valence-electron chi connectivity index (χ4n) is 2.34. The lowest BCUT2D eigenvalue weighted by molar-refractivity contribution is -0.123. The Morgan fingerprint density at radius 2 is 2.00 bits per heavy atom. The standard InChI is InChI=1S/C17H10BrN3O3S2/c18-12-6-2-1-5-11(12)15-20-19-14(24-15)9-21-16(22)13(26-17(21)23)8-10-4-3-7-25-10/h1-8H,9H2/b13-8-. The van der Waals surface area contributed by atoms with Crippen LogP contribution in [0.4, 0.5) is 4.79 Å². The number of rotatable bonds is 4. The van der Waals surface area contributed by atoms with Gasteiger partial charge in [0.05, 0.1) is 10.5 Å². The first-order valence-electron chi connectivity index (χ1n) is 7.48. The molecule has 0 N–H and O–H groups in total. The number of carbonyl (C=O) groups excluding carboxylic acids is 2. The summed E-state index contributed by atoms with van der Waals surface area (Å²) in [6.45, 7) is -0.0517. The molecule has 6 nitrogen and oxygen atoms in total. The molecule has 0 saturated carbocycles. The van der Waals surface area contributed by atoms with Gasteiger partial charge in [0.1, 0.15) is 6.54 Å². The van der Waals surface area contributed by atoms with Crippen molar-refractivity contribution in [3.8, 4) is 11.5 Å². The first kappa shape index (κ1) is 17.2. The molecule has 4 rings (SSSR count). The number of thiophene rings is 1. The smallest absolute Gasteiger partial charge is 0.294 e. The van der Waals surface area contributed by atoms with Crippen molar-refractivity contribution in [3.05, 3.63) is 61.9 Å². The highest BCUT2D eigenvalue weighted by molar-refractivity contribution is 9.10. The van der Waals surface area contributed by atoms with Gasteiger partial charge < -0.3 is 4.42 Å². The molecule has 0 unspecified atom stereocenters. The molecule has 2 amide bonds. The van der Waals surface area contributed by atoms with Crippen LogP contribution >= 0.6 is 39.0 Å². The lowest BCUT2D eigenvalue weighted by Crippen LogP contribution is -2.27. The highest BCUT2D eigenvalue weighted by atomic mass is 79.9. The summed E-state index contributed by atoms with van der Waals surface area (Å²) in [5, 5.41) is 9.53. The molecular weight excluding hydrogens is 438 g/mol. The highest BCUT2D eigenvalue weighted by Crippen LogP contribution is 2.34. The molecule has 0 radical (unpaired) electrons. The van der Waals surface area contributed by atoms with Crippen LogP contribution in [0.1, 0.15) is 10.8 Å². The lowest BCUT2D eigenvalue weighted by Gasteiger charge is -2.08. The molecule has 130 valence electrons. The van der Waals surface area contributed by atoms with E-state index in [9.17, 15) is 9.59 Å². The van der Waals surface area contributed by atoms with Crippen LogP contribution in [0.3, 0.4) is 0 Å². The minimum Gasteiger partial charge on any atom is -0.419 e. The van der Waals surface area contributed by atoms with E-state index in [-0.39, 0.29) is 23.6 Å². The number of amides is 2. The van der Waals surface area contributed by atoms with E-state index in [2.05, 4.69) is 26.1 Å². The van der Waals surface area contributed by atoms with Gasteiger partial charge in [-0.25, -0.2) is 0 Å². The van der Waals surface area contributed by atoms with Crippen LogP contribution in [0.5, 0.6) is 0 Å². The first-order valence-corrected chi connectivity index (χ1v) is 9.97. The average Bonchev–Trinajstić information content (AvgIpc) is 3.35. The quantitative estimate of drug-likeness (QED) is 0.534. The van der Waals surface area contributed by atoms with Gasteiger partial charge in [-0.05, 0) is 57.3 Å². The van der Waals surface area contributed by atoms with Crippen LogP contribution in [0.2, 0.25) is 0 Å². The zero-order chi connectivity index (χ0) is 18.1. The number of aromatic nitrogens is 2. The summed E-state index contributed by atoms with van der Waals surface area (Å²) in [5.41, 5.74) is 0.748. The van der Waals surface area contributed by atoms with Gasteiger partial charge in [-0.2, -0.15) is 0 Å². The molecule has 1 aliphatic rings. The number of hydrogen-bond donors (Lipinski definition) is 0. The molecule has 0 spiro atoms. The molecule has 1 aliphatic heterocycles. The maximum absolute atomic E-state index is 12.5. The van der Waals surface area contributed by atoms with Crippen LogP contribution in [0, 0.1) is 0 Å². The van der Waals surface area contributed by atoms with Crippen LogP contribution in [-0.2, 0) is 11.3 Å². The van der Waals surface area contributed by atoms with Crippen molar-refractivity contribution >= 4 is 56.3 Å². The van der Waals surface area contributed by atoms with Crippen molar-refractivity contribution in [1.82, 2.24) is 15.1 Å². The Bertz CT molecular complexity index is 1010. The van der Waals surface area contributed by atoms with Crippen LogP contribution in [0.25, 0.3) is 17.5 Å². The topological polar surface area (TPSA) is 76.3 Å². The maximum atomic E-state index is 12.5. The minimum atomic E-state index is -0.353. The zero-order valence-corrected chi connectivity index (χ0v) is 16.3. The molecule has 0 aliphatic carbocycles. The second-order valence-corrected chi connectivity index (χ2v) is 8.09. The molecule has 1 fully saturated rings. The minimum absolute atomic E-state index is 0.0517. The van der Waals surface area contributed by atoms with E-state index in [1.54, 1.807) is 6.08 Å². The Labute approximate surface area is 165 Å². The normalized spacial score (nSPS) is 16.0. The summed E-state index contributed by atoms with van der Waals surface area (Å²) in [7, 11) is 0. The predicted molar refractivity (Wildman–Crippen MR) is 103 cm³/mol.